The van der Waals surface area contributed by atoms with E-state index in [1.807, 2.05) is 18.2 Å². The number of rotatable bonds is 3. The average molecular weight is 410 g/mol. The van der Waals surface area contributed by atoms with Gasteiger partial charge in [0.25, 0.3) is 0 Å². The molecule has 3 aromatic carbocycles. The summed E-state index contributed by atoms with van der Waals surface area (Å²) in [6, 6.07) is 22.2. The normalized spacial score (nSPS) is 16.5. The zero-order valence-corrected chi connectivity index (χ0v) is 17.7. The maximum absolute atomic E-state index is 9.48. The first-order chi connectivity index (χ1) is 14.5. The Morgan fingerprint density at radius 2 is 1.77 bits per heavy atom. The Kier molecular flexibility index (Phi) is 6.09. The molecule has 0 bridgehead atoms. The van der Waals surface area contributed by atoms with Gasteiger partial charge in [-0.15, -0.1) is 0 Å². The van der Waals surface area contributed by atoms with E-state index in [9.17, 15) is 10.0 Å². The second-order valence-corrected chi connectivity index (χ2v) is 8.51. The SMILES string of the molecule is C=C1Sc2ccccc2C/C=C\C=C/1c1ccc(-c2cccc(B(O)O)c2)c(C)c1. The predicted molar refractivity (Wildman–Crippen MR) is 129 cm³/mol. The molecule has 0 fully saturated rings. The Balaban J connectivity index is 1.68. The third-order valence-electron chi connectivity index (χ3n) is 5.28. The summed E-state index contributed by atoms with van der Waals surface area (Å²) in [6.07, 6.45) is 7.34. The molecule has 0 saturated heterocycles. The number of hydrogen-bond acceptors (Lipinski definition) is 3. The van der Waals surface area contributed by atoms with Crippen molar-refractivity contribution in [3.63, 3.8) is 0 Å². The third kappa shape index (κ3) is 4.36. The topological polar surface area (TPSA) is 40.5 Å². The van der Waals surface area contributed by atoms with Crippen LogP contribution in [0, 0.1) is 6.92 Å². The van der Waals surface area contributed by atoms with Crippen molar-refractivity contribution in [3.8, 4) is 11.1 Å². The molecular weight excluding hydrogens is 387 g/mol. The molecule has 0 saturated carbocycles. The number of aryl methyl sites for hydroxylation is 1. The van der Waals surface area contributed by atoms with Crippen molar-refractivity contribution >= 4 is 29.9 Å². The van der Waals surface area contributed by atoms with Gasteiger partial charge in [0.15, 0.2) is 0 Å². The van der Waals surface area contributed by atoms with Crippen LogP contribution in [0.4, 0.5) is 0 Å². The number of hydrogen-bond donors (Lipinski definition) is 2. The van der Waals surface area contributed by atoms with Crippen molar-refractivity contribution in [1.29, 1.82) is 0 Å². The molecule has 2 nitrogen and oxygen atoms in total. The van der Waals surface area contributed by atoms with E-state index in [-0.39, 0.29) is 0 Å². The summed E-state index contributed by atoms with van der Waals surface area (Å²) in [6.45, 7) is 6.44. The summed E-state index contributed by atoms with van der Waals surface area (Å²) in [5.41, 5.74) is 7.20. The number of allylic oxidation sites excluding steroid dienone is 4. The number of fused-ring (bicyclic) bond motifs is 1. The Labute approximate surface area is 182 Å². The largest absolute Gasteiger partial charge is 0.488 e. The average Bonchev–Trinajstić information content (AvgIpc) is 2.82. The number of thioether (sulfide) groups is 1. The fraction of sp³-hybridized carbons (Fsp3) is 0.0769. The van der Waals surface area contributed by atoms with Gasteiger partial charge in [0.2, 0.25) is 0 Å². The summed E-state index contributed by atoms with van der Waals surface area (Å²) < 4.78 is 0. The van der Waals surface area contributed by atoms with E-state index in [1.165, 1.54) is 10.5 Å². The minimum atomic E-state index is -1.47. The summed E-state index contributed by atoms with van der Waals surface area (Å²) in [5.74, 6) is 0. The quantitative estimate of drug-likeness (QED) is 0.588. The highest BCUT2D eigenvalue weighted by atomic mass is 32.2. The Morgan fingerprint density at radius 1 is 0.933 bits per heavy atom. The molecule has 1 aliphatic rings. The lowest BCUT2D eigenvalue weighted by Gasteiger charge is -2.15. The van der Waals surface area contributed by atoms with E-state index in [0.29, 0.717) is 5.46 Å². The molecule has 0 spiro atoms. The van der Waals surface area contributed by atoms with Gasteiger partial charge in [-0.1, -0.05) is 97.2 Å². The van der Waals surface area contributed by atoms with Crippen molar-refractivity contribution in [2.75, 3.05) is 0 Å². The van der Waals surface area contributed by atoms with E-state index in [1.54, 1.807) is 17.8 Å². The fourth-order valence-corrected chi connectivity index (χ4v) is 4.68. The molecule has 1 heterocycles. The minimum Gasteiger partial charge on any atom is -0.423 e. The Hall–Kier alpha value is -2.79. The summed E-state index contributed by atoms with van der Waals surface area (Å²) in [5, 5.41) is 19.0. The van der Waals surface area contributed by atoms with E-state index in [0.717, 1.165) is 39.2 Å². The maximum Gasteiger partial charge on any atom is 0.488 e. The third-order valence-corrected chi connectivity index (χ3v) is 6.36. The standard InChI is InChI=1S/C26H23BO2S/c1-18-16-22(14-15-24(18)21-10-7-11-23(17-21)27(28)29)25-12-5-3-8-20-9-4-6-13-26(20)30-19(25)2/h3-7,9-17,28-29H,2,8H2,1H3/b5-3-,25-12+. The molecule has 1 aliphatic heterocycles. The molecule has 148 valence electrons. The summed E-state index contributed by atoms with van der Waals surface area (Å²) in [7, 11) is -1.47. The van der Waals surface area contributed by atoms with Gasteiger partial charge in [0, 0.05) is 9.80 Å². The van der Waals surface area contributed by atoms with Crippen molar-refractivity contribution < 1.29 is 10.0 Å². The first-order valence-electron chi connectivity index (χ1n) is 9.92. The molecule has 2 N–H and O–H groups in total. The van der Waals surface area contributed by atoms with Crippen LogP contribution >= 0.6 is 11.8 Å². The van der Waals surface area contributed by atoms with Crippen molar-refractivity contribution in [3.05, 3.63) is 113 Å². The van der Waals surface area contributed by atoms with Gasteiger partial charge in [-0.3, -0.25) is 0 Å². The monoisotopic (exact) mass is 410 g/mol. The van der Waals surface area contributed by atoms with Gasteiger partial charge >= 0.3 is 7.12 Å². The van der Waals surface area contributed by atoms with Gasteiger partial charge in [-0.05, 0) is 58.3 Å². The van der Waals surface area contributed by atoms with Crippen LogP contribution in [0.5, 0.6) is 0 Å². The lowest BCUT2D eigenvalue weighted by molar-refractivity contribution is 0.426. The van der Waals surface area contributed by atoms with E-state index in [4.69, 9.17) is 0 Å². The van der Waals surface area contributed by atoms with Crippen LogP contribution in [0.2, 0.25) is 0 Å². The molecule has 0 atom stereocenters. The lowest BCUT2D eigenvalue weighted by Crippen LogP contribution is -2.29. The van der Waals surface area contributed by atoms with Crippen LogP contribution in [0.1, 0.15) is 16.7 Å². The highest BCUT2D eigenvalue weighted by molar-refractivity contribution is 8.03. The van der Waals surface area contributed by atoms with Crippen LogP contribution in [0.3, 0.4) is 0 Å². The molecule has 3 aromatic rings. The molecule has 0 amide bonds. The Morgan fingerprint density at radius 3 is 2.57 bits per heavy atom. The first-order valence-corrected chi connectivity index (χ1v) is 10.7. The summed E-state index contributed by atoms with van der Waals surface area (Å²) in [4.78, 5) is 2.26. The molecule has 0 radical (unpaired) electrons. The fourth-order valence-electron chi connectivity index (χ4n) is 3.69. The van der Waals surface area contributed by atoms with Crippen LogP contribution in [0.15, 0.2) is 101 Å². The lowest BCUT2D eigenvalue weighted by atomic mass is 9.79. The van der Waals surface area contributed by atoms with Crippen molar-refractivity contribution in [2.45, 2.75) is 18.2 Å². The second kappa shape index (κ2) is 8.92. The highest BCUT2D eigenvalue weighted by Crippen LogP contribution is 2.39. The zero-order valence-electron chi connectivity index (χ0n) is 16.9. The van der Waals surface area contributed by atoms with E-state index in [2.05, 4.69) is 74.2 Å². The van der Waals surface area contributed by atoms with Gasteiger partial charge in [0.05, 0.1) is 0 Å². The van der Waals surface area contributed by atoms with E-state index >= 15 is 0 Å². The van der Waals surface area contributed by atoms with Crippen LogP contribution in [-0.4, -0.2) is 17.2 Å². The molecule has 4 heteroatoms. The highest BCUT2D eigenvalue weighted by Gasteiger charge is 2.14. The second-order valence-electron chi connectivity index (χ2n) is 7.37. The maximum atomic E-state index is 9.48. The van der Waals surface area contributed by atoms with E-state index < -0.39 is 7.12 Å². The Bertz CT molecular complexity index is 1160. The van der Waals surface area contributed by atoms with Crippen LogP contribution in [0.25, 0.3) is 16.7 Å². The smallest absolute Gasteiger partial charge is 0.423 e. The predicted octanol–water partition coefficient (Wildman–Crippen LogP) is 5.14. The zero-order chi connectivity index (χ0) is 21.1. The van der Waals surface area contributed by atoms with Gasteiger partial charge < -0.3 is 10.0 Å². The van der Waals surface area contributed by atoms with Crippen molar-refractivity contribution in [2.24, 2.45) is 0 Å². The molecule has 30 heavy (non-hydrogen) atoms. The van der Waals surface area contributed by atoms with Crippen LogP contribution < -0.4 is 5.46 Å². The molecule has 0 aromatic heterocycles. The molecule has 0 aliphatic carbocycles. The minimum absolute atomic E-state index is 0.489. The molecular formula is C26H23BO2S. The van der Waals surface area contributed by atoms with Gasteiger partial charge in [-0.2, -0.15) is 0 Å². The van der Waals surface area contributed by atoms with Gasteiger partial charge in [-0.25, -0.2) is 0 Å². The van der Waals surface area contributed by atoms with Crippen molar-refractivity contribution in [1.82, 2.24) is 0 Å². The van der Waals surface area contributed by atoms with Crippen LogP contribution in [-0.2, 0) is 6.42 Å². The number of benzene rings is 3. The molecule has 4 rings (SSSR count). The van der Waals surface area contributed by atoms with Gasteiger partial charge in [0.1, 0.15) is 0 Å². The molecule has 0 unspecified atom stereocenters. The first kappa shape index (κ1) is 20.5. The summed E-state index contributed by atoms with van der Waals surface area (Å²) >= 11 is 1.72.